The topological polar surface area (TPSA) is 58.9 Å². The van der Waals surface area contributed by atoms with Crippen molar-refractivity contribution >= 4 is 39.9 Å². The minimum atomic E-state index is -0.288. The lowest BCUT2D eigenvalue weighted by Crippen LogP contribution is -2.36. The van der Waals surface area contributed by atoms with Crippen LogP contribution in [0.15, 0.2) is 30.3 Å². The van der Waals surface area contributed by atoms with Crippen molar-refractivity contribution in [2.45, 2.75) is 19.9 Å². The van der Waals surface area contributed by atoms with Gasteiger partial charge in [-0.25, -0.2) is 9.07 Å². The summed E-state index contributed by atoms with van der Waals surface area (Å²) in [6.45, 7) is 4.47. The number of nitrogens with one attached hydrogen (secondary N) is 2. The van der Waals surface area contributed by atoms with Crippen LogP contribution in [0.3, 0.4) is 0 Å². The van der Waals surface area contributed by atoms with Crippen molar-refractivity contribution in [3.63, 3.8) is 0 Å². The van der Waals surface area contributed by atoms with E-state index < -0.39 is 0 Å². The van der Waals surface area contributed by atoms with Crippen molar-refractivity contribution in [1.29, 1.82) is 0 Å². The predicted molar refractivity (Wildman–Crippen MR) is 102 cm³/mol. The second-order valence-corrected chi connectivity index (χ2v) is 6.73. The van der Waals surface area contributed by atoms with E-state index >= 15 is 0 Å². The molecule has 0 saturated heterocycles. The lowest BCUT2D eigenvalue weighted by Gasteiger charge is -2.10. The maximum absolute atomic E-state index is 13.1. The number of nitrogens with zero attached hydrogens (tertiary/aromatic N) is 2. The van der Waals surface area contributed by atoms with E-state index in [1.54, 1.807) is 16.8 Å². The van der Waals surface area contributed by atoms with Crippen LogP contribution in [0, 0.1) is 12.7 Å². The number of hydrogen-bond donors (Lipinski definition) is 2. The van der Waals surface area contributed by atoms with Crippen LogP contribution < -0.4 is 10.6 Å². The highest BCUT2D eigenvalue weighted by molar-refractivity contribution is 7.20. The number of aromatic nitrogens is 2. The molecular formula is C17H20ClFN4OS. The van der Waals surface area contributed by atoms with E-state index in [1.807, 2.05) is 27.0 Å². The van der Waals surface area contributed by atoms with Gasteiger partial charge in [0.25, 0.3) is 5.91 Å². The Kier molecular flexibility index (Phi) is 6.16. The Hall–Kier alpha value is -1.96. The van der Waals surface area contributed by atoms with Crippen LogP contribution in [0.5, 0.6) is 0 Å². The summed E-state index contributed by atoms with van der Waals surface area (Å²) >= 11 is 1.39. The van der Waals surface area contributed by atoms with Gasteiger partial charge in [-0.05, 0) is 51.2 Å². The Bertz CT molecular complexity index is 875. The van der Waals surface area contributed by atoms with Crippen molar-refractivity contribution < 1.29 is 9.18 Å². The van der Waals surface area contributed by atoms with Gasteiger partial charge in [0, 0.05) is 18.0 Å². The number of amides is 1. The number of halogens is 2. The fraction of sp³-hybridized carbons (Fsp3) is 0.294. The van der Waals surface area contributed by atoms with Crippen LogP contribution in [0.1, 0.15) is 22.3 Å². The third kappa shape index (κ3) is 4.00. The SMILES string of the molecule is CNC(C)CNC(=O)c1cc2c(C)nn(-c3ccc(F)cc3)c2s1.Cl. The normalized spacial score (nSPS) is 12.0. The fourth-order valence-corrected chi connectivity index (χ4v) is 3.45. The Morgan fingerprint density at radius 3 is 2.68 bits per heavy atom. The summed E-state index contributed by atoms with van der Waals surface area (Å²) in [6.07, 6.45) is 0. The molecule has 1 unspecified atom stereocenters. The molecule has 3 aromatic rings. The molecule has 0 saturated carbocycles. The van der Waals surface area contributed by atoms with E-state index in [4.69, 9.17) is 0 Å². The number of thiophene rings is 1. The number of likely N-dealkylation sites (N-methyl/N-ethyl adjacent to an activating group) is 1. The molecule has 0 bridgehead atoms. The minimum Gasteiger partial charge on any atom is -0.350 e. The number of fused-ring (bicyclic) bond motifs is 1. The summed E-state index contributed by atoms with van der Waals surface area (Å²) in [5.74, 6) is -0.382. The van der Waals surface area contributed by atoms with E-state index in [0.29, 0.717) is 11.4 Å². The van der Waals surface area contributed by atoms with Crippen LogP contribution in [-0.4, -0.2) is 35.3 Å². The first-order chi connectivity index (χ1) is 11.5. The highest BCUT2D eigenvalue weighted by atomic mass is 35.5. The van der Waals surface area contributed by atoms with E-state index in [-0.39, 0.29) is 30.2 Å². The maximum Gasteiger partial charge on any atom is 0.261 e. The molecule has 8 heteroatoms. The minimum absolute atomic E-state index is 0. The van der Waals surface area contributed by atoms with Gasteiger partial charge in [-0.15, -0.1) is 23.7 Å². The molecule has 2 aromatic heterocycles. The standard InChI is InChI=1S/C17H19FN4OS.ClH/c1-10(19-3)9-20-16(23)15-8-14-11(2)21-22(17(14)24-15)13-6-4-12(18)5-7-13;/h4-8,10,19H,9H2,1-3H3,(H,20,23);1H. The van der Waals surface area contributed by atoms with Crippen LogP contribution >= 0.6 is 23.7 Å². The van der Waals surface area contributed by atoms with Crippen LogP contribution in [0.25, 0.3) is 15.9 Å². The molecule has 2 heterocycles. The monoisotopic (exact) mass is 382 g/mol. The zero-order valence-corrected chi connectivity index (χ0v) is 15.8. The predicted octanol–water partition coefficient (Wildman–Crippen LogP) is 3.29. The fourth-order valence-electron chi connectivity index (χ4n) is 2.35. The largest absolute Gasteiger partial charge is 0.350 e. The van der Waals surface area contributed by atoms with Gasteiger partial charge >= 0.3 is 0 Å². The number of hydrogen-bond acceptors (Lipinski definition) is 4. The molecule has 25 heavy (non-hydrogen) atoms. The summed E-state index contributed by atoms with van der Waals surface area (Å²) in [6, 6.07) is 8.23. The maximum atomic E-state index is 13.1. The number of aryl methyl sites for hydroxylation is 1. The summed E-state index contributed by atoms with van der Waals surface area (Å²) in [5, 5.41) is 11.4. The Morgan fingerprint density at radius 2 is 2.04 bits per heavy atom. The molecule has 0 aliphatic rings. The summed E-state index contributed by atoms with van der Waals surface area (Å²) < 4.78 is 14.9. The number of rotatable bonds is 5. The van der Waals surface area contributed by atoms with Crippen molar-refractivity contribution in [3.05, 3.63) is 46.7 Å². The summed E-state index contributed by atoms with van der Waals surface area (Å²) in [7, 11) is 1.86. The van der Waals surface area contributed by atoms with Gasteiger partial charge in [0.1, 0.15) is 10.6 Å². The zero-order chi connectivity index (χ0) is 17.3. The van der Waals surface area contributed by atoms with Gasteiger partial charge in [-0.3, -0.25) is 4.79 Å². The molecule has 0 aliphatic carbocycles. The van der Waals surface area contributed by atoms with Crippen molar-refractivity contribution in [2.75, 3.05) is 13.6 Å². The van der Waals surface area contributed by atoms with Gasteiger partial charge in [-0.2, -0.15) is 5.10 Å². The highest BCUT2D eigenvalue weighted by Crippen LogP contribution is 2.30. The van der Waals surface area contributed by atoms with Crippen molar-refractivity contribution in [2.24, 2.45) is 0 Å². The Balaban J connectivity index is 0.00000225. The summed E-state index contributed by atoms with van der Waals surface area (Å²) in [4.78, 5) is 13.9. The smallest absolute Gasteiger partial charge is 0.261 e. The molecule has 0 radical (unpaired) electrons. The van der Waals surface area contributed by atoms with Crippen molar-refractivity contribution in [3.8, 4) is 5.69 Å². The van der Waals surface area contributed by atoms with Gasteiger partial charge in [0.2, 0.25) is 0 Å². The van der Waals surface area contributed by atoms with E-state index in [0.717, 1.165) is 21.6 Å². The first-order valence-corrected chi connectivity index (χ1v) is 8.52. The molecule has 1 atom stereocenters. The van der Waals surface area contributed by atoms with E-state index in [9.17, 15) is 9.18 Å². The molecule has 0 aliphatic heterocycles. The lowest BCUT2D eigenvalue weighted by atomic mass is 10.3. The molecule has 2 N–H and O–H groups in total. The number of carbonyl (C=O) groups is 1. The first-order valence-electron chi connectivity index (χ1n) is 7.70. The number of carbonyl (C=O) groups excluding carboxylic acids is 1. The van der Waals surface area contributed by atoms with Crippen LogP contribution in [0.4, 0.5) is 4.39 Å². The Morgan fingerprint density at radius 1 is 1.36 bits per heavy atom. The second kappa shape index (κ2) is 7.95. The molecular weight excluding hydrogens is 363 g/mol. The van der Waals surface area contributed by atoms with Gasteiger partial charge in [0.15, 0.2) is 0 Å². The number of benzene rings is 1. The van der Waals surface area contributed by atoms with Gasteiger partial charge in [-0.1, -0.05) is 0 Å². The van der Waals surface area contributed by atoms with Gasteiger partial charge < -0.3 is 10.6 Å². The molecule has 1 amide bonds. The van der Waals surface area contributed by atoms with Gasteiger partial charge in [0.05, 0.1) is 16.3 Å². The molecule has 5 nitrogen and oxygen atoms in total. The molecule has 0 spiro atoms. The average Bonchev–Trinajstić information content (AvgIpc) is 3.14. The van der Waals surface area contributed by atoms with Crippen LogP contribution in [-0.2, 0) is 0 Å². The Labute approximate surface area is 155 Å². The van der Waals surface area contributed by atoms with E-state index in [1.165, 1.54) is 23.5 Å². The quantitative estimate of drug-likeness (QED) is 0.711. The first kappa shape index (κ1) is 19.4. The third-order valence-electron chi connectivity index (χ3n) is 3.90. The summed E-state index contributed by atoms with van der Waals surface area (Å²) in [5.41, 5.74) is 1.61. The van der Waals surface area contributed by atoms with Crippen molar-refractivity contribution in [1.82, 2.24) is 20.4 Å². The van der Waals surface area contributed by atoms with E-state index in [2.05, 4.69) is 15.7 Å². The molecule has 3 rings (SSSR count). The molecule has 0 fully saturated rings. The highest BCUT2D eigenvalue weighted by Gasteiger charge is 2.17. The van der Waals surface area contributed by atoms with Crippen LogP contribution in [0.2, 0.25) is 0 Å². The molecule has 1 aromatic carbocycles. The zero-order valence-electron chi connectivity index (χ0n) is 14.2. The second-order valence-electron chi connectivity index (χ2n) is 5.70. The lowest BCUT2D eigenvalue weighted by molar-refractivity contribution is 0.0954. The third-order valence-corrected chi connectivity index (χ3v) is 5.01. The average molecular weight is 383 g/mol. The molecule has 134 valence electrons.